The molecule has 112 valence electrons. The summed E-state index contributed by atoms with van der Waals surface area (Å²) in [6, 6.07) is 13.2. The number of hydrogen-bond acceptors (Lipinski definition) is 3. The third-order valence-corrected chi connectivity index (χ3v) is 5.35. The van der Waals surface area contributed by atoms with Crippen molar-refractivity contribution in [3.8, 4) is 0 Å². The van der Waals surface area contributed by atoms with Crippen LogP contribution in [-0.2, 0) is 9.84 Å². The molecule has 0 aliphatic carbocycles. The summed E-state index contributed by atoms with van der Waals surface area (Å²) in [7, 11) is -3.14. The number of sulfone groups is 1. The van der Waals surface area contributed by atoms with E-state index in [1.54, 1.807) is 12.1 Å². The van der Waals surface area contributed by atoms with Gasteiger partial charge in [0.15, 0.2) is 9.84 Å². The van der Waals surface area contributed by atoms with E-state index in [4.69, 9.17) is 0 Å². The maximum absolute atomic E-state index is 11.5. The van der Waals surface area contributed by atoms with E-state index in [9.17, 15) is 8.42 Å². The minimum absolute atomic E-state index is 0.0909. The third-order valence-electron chi connectivity index (χ3n) is 3.36. The molecule has 0 amide bonds. The van der Waals surface area contributed by atoms with Gasteiger partial charge >= 0.3 is 0 Å². The molecule has 0 aliphatic heterocycles. The summed E-state index contributed by atoms with van der Waals surface area (Å²) in [6.45, 7) is 4.09. The van der Waals surface area contributed by atoms with Crippen molar-refractivity contribution in [1.29, 1.82) is 0 Å². The highest BCUT2D eigenvalue weighted by molar-refractivity contribution is 9.10. The molecule has 3 nitrogen and oxygen atoms in total. The van der Waals surface area contributed by atoms with E-state index in [0.29, 0.717) is 4.90 Å². The Balaban J connectivity index is 2.16. The number of halogens is 1. The molecule has 0 spiro atoms. The molecule has 1 unspecified atom stereocenters. The first-order valence-electron chi connectivity index (χ1n) is 6.60. The highest BCUT2D eigenvalue weighted by atomic mass is 79.9. The lowest BCUT2D eigenvalue weighted by Crippen LogP contribution is -2.07. The predicted octanol–water partition coefficient (Wildman–Crippen LogP) is 4.33. The Bertz CT molecular complexity index is 739. The summed E-state index contributed by atoms with van der Waals surface area (Å²) in [4.78, 5) is 0.344. The van der Waals surface area contributed by atoms with Crippen LogP contribution >= 0.6 is 15.9 Å². The summed E-state index contributed by atoms with van der Waals surface area (Å²) < 4.78 is 24.0. The number of rotatable bonds is 4. The van der Waals surface area contributed by atoms with Gasteiger partial charge in [-0.3, -0.25) is 0 Å². The lowest BCUT2D eigenvalue weighted by molar-refractivity contribution is 0.602. The first-order valence-corrected chi connectivity index (χ1v) is 9.28. The van der Waals surface area contributed by atoms with Gasteiger partial charge in [-0.15, -0.1) is 0 Å². The van der Waals surface area contributed by atoms with Gasteiger partial charge in [0.1, 0.15) is 0 Å². The van der Waals surface area contributed by atoms with Crippen LogP contribution in [0.25, 0.3) is 0 Å². The lowest BCUT2D eigenvalue weighted by atomic mass is 10.1. The predicted molar refractivity (Wildman–Crippen MR) is 90.5 cm³/mol. The monoisotopic (exact) mass is 367 g/mol. The molecule has 0 saturated heterocycles. The maximum Gasteiger partial charge on any atom is 0.175 e. The fraction of sp³-hybridized carbons (Fsp3) is 0.250. The third kappa shape index (κ3) is 4.08. The van der Waals surface area contributed by atoms with Crippen molar-refractivity contribution in [2.24, 2.45) is 0 Å². The summed E-state index contributed by atoms with van der Waals surface area (Å²) in [5.74, 6) is 0. The molecular weight excluding hydrogens is 350 g/mol. The van der Waals surface area contributed by atoms with Crippen LogP contribution in [0.15, 0.2) is 51.8 Å². The number of hydrogen-bond donors (Lipinski definition) is 1. The Hall–Kier alpha value is -1.33. The largest absolute Gasteiger partial charge is 0.378 e. The van der Waals surface area contributed by atoms with Crippen molar-refractivity contribution >= 4 is 31.5 Å². The van der Waals surface area contributed by atoms with Crippen LogP contribution in [0.2, 0.25) is 0 Å². The van der Waals surface area contributed by atoms with E-state index in [0.717, 1.165) is 15.7 Å². The standard InChI is InChI=1S/C16H18BrNO2S/c1-11-4-7-14(10-16(11)17)18-12(2)13-5-8-15(9-6-13)21(3,19)20/h4-10,12,18H,1-3H3. The van der Waals surface area contributed by atoms with E-state index in [1.165, 1.54) is 11.8 Å². The molecule has 0 aliphatic rings. The number of anilines is 1. The van der Waals surface area contributed by atoms with E-state index in [2.05, 4.69) is 21.2 Å². The quantitative estimate of drug-likeness (QED) is 0.874. The minimum atomic E-state index is -3.14. The summed E-state index contributed by atoms with van der Waals surface area (Å²) >= 11 is 3.52. The second-order valence-corrected chi connectivity index (χ2v) is 8.04. The van der Waals surface area contributed by atoms with Crippen molar-refractivity contribution in [3.63, 3.8) is 0 Å². The van der Waals surface area contributed by atoms with E-state index >= 15 is 0 Å². The fourth-order valence-corrected chi connectivity index (χ4v) is 3.03. The highest BCUT2D eigenvalue weighted by Gasteiger charge is 2.10. The van der Waals surface area contributed by atoms with Crippen LogP contribution in [0.3, 0.4) is 0 Å². The van der Waals surface area contributed by atoms with Crippen molar-refractivity contribution in [2.75, 3.05) is 11.6 Å². The van der Waals surface area contributed by atoms with Crippen LogP contribution in [0.4, 0.5) is 5.69 Å². The van der Waals surface area contributed by atoms with Gasteiger partial charge in [0.2, 0.25) is 0 Å². The molecule has 2 aromatic carbocycles. The zero-order valence-corrected chi connectivity index (χ0v) is 14.6. The topological polar surface area (TPSA) is 46.2 Å². The average Bonchev–Trinajstić information content (AvgIpc) is 2.42. The van der Waals surface area contributed by atoms with E-state index < -0.39 is 9.84 Å². The van der Waals surface area contributed by atoms with Crippen LogP contribution in [0.1, 0.15) is 24.1 Å². The lowest BCUT2D eigenvalue weighted by Gasteiger charge is -2.16. The molecule has 1 atom stereocenters. The molecular formula is C16H18BrNO2S. The number of benzene rings is 2. The molecule has 0 radical (unpaired) electrons. The molecule has 0 saturated carbocycles. The van der Waals surface area contributed by atoms with Gasteiger partial charge in [0, 0.05) is 22.5 Å². The van der Waals surface area contributed by atoms with Gasteiger partial charge in [-0.25, -0.2) is 8.42 Å². The normalized spacial score (nSPS) is 13.0. The van der Waals surface area contributed by atoms with Crippen LogP contribution in [0.5, 0.6) is 0 Å². The molecule has 0 bridgehead atoms. The summed E-state index contributed by atoms with van der Waals surface area (Å²) in [6.07, 6.45) is 1.22. The molecule has 2 rings (SSSR count). The first kappa shape index (κ1) is 16.0. The van der Waals surface area contributed by atoms with Crippen molar-refractivity contribution in [2.45, 2.75) is 24.8 Å². The Morgan fingerprint density at radius 1 is 1.10 bits per heavy atom. The second kappa shape index (κ2) is 6.20. The van der Waals surface area contributed by atoms with Crippen molar-refractivity contribution in [3.05, 3.63) is 58.1 Å². The molecule has 0 heterocycles. The summed E-state index contributed by atoms with van der Waals surface area (Å²) in [5.41, 5.74) is 3.25. The van der Waals surface area contributed by atoms with Gasteiger partial charge in [0.25, 0.3) is 0 Å². The Kier molecular flexibility index (Phi) is 4.74. The van der Waals surface area contributed by atoms with Gasteiger partial charge in [-0.1, -0.05) is 34.1 Å². The van der Waals surface area contributed by atoms with Crippen LogP contribution < -0.4 is 5.32 Å². The van der Waals surface area contributed by atoms with Gasteiger partial charge in [-0.2, -0.15) is 0 Å². The highest BCUT2D eigenvalue weighted by Crippen LogP contribution is 2.25. The Labute approximate surface area is 134 Å². The molecule has 0 fully saturated rings. The fourth-order valence-electron chi connectivity index (χ4n) is 2.02. The molecule has 1 N–H and O–H groups in total. The molecule has 0 aromatic heterocycles. The first-order chi connectivity index (χ1) is 9.77. The number of nitrogens with one attached hydrogen (secondary N) is 1. The van der Waals surface area contributed by atoms with Crippen molar-refractivity contribution in [1.82, 2.24) is 0 Å². The second-order valence-electron chi connectivity index (χ2n) is 5.17. The van der Waals surface area contributed by atoms with Crippen LogP contribution in [0, 0.1) is 6.92 Å². The van der Waals surface area contributed by atoms with Gasteiger partial charge in [0.05, 0.1) is 4.90 Å². The Morgan fingerprint density at radius 3 is 2.24 bits per heavy atom. The minimum Gasteiger partial charge on any atom is -0.378 e. The molecule has 21 heavy (non-hydrogen) atoms. The van der Waals surface area contributed by atoms with E-state index in [1.807, 2.05) is 44.2 Å². The van der Waals surface area contributed by atoms with Gasteiger partial charge < -0.3 is 5.32 Å². The molecule has 5 heteroatoms. The zero-order chi connectivity index (χ0) is 15.6. The smallest absolute Gasteiger partial charge is 0.175 e. The summed E-state index contributed by atoms with van der Waals surface area (Å²) in [5, 5.41) is 3.40. The maximum atomic E-state index is 11.5. The van der Waals surface area contributed by atoms with Crippen LogP contribution in [-0.4, -0.2) is 14.7 Å². The Morgan fingerprint density at radius 2 is 1.71 bits per heavy atom. The van der Waals surface area contributed by atoms with E-state index in [-0.39, 0.29) is 6.04 Å². The zero-order valence-electron chi connectivity index (χ0n) is 12.2. The van der Waals surface area contributed by atoms with Crippen molar-refractivity contribution < 1.29 is 8.42 Å². The molecule has 2 aromatic rings. The SMILES string of the molecule is Cc1ccc(NC(C)c2ccc(S(C)(=O)=O)cc2)cc1Br. The number of aryl methyl sites for hydroxylation is 1. The average molecular weight is 368 g/mol. The van der Waals surface area contributed by atoms with Gasteiger partial charge in [-0.05, 0) is 49.2 Å².